The van der Waals surface area contributed by atoms with Crippen LogP contribution in [0.4, 0.5) is 0 Å². The van der Waals surface area contributed by atoms with Gasteiger partial charge in [-0.3, -0.25) is 0 Å². The smallest absolute Gasteiger partial charge is 0.0191 e. The third-order valence-corrected chi connectivity index (χ3v) is 2.63. The molecular weight excluding hydrogens is 124 g/mol. The number of nitrogens with two attached hydrogens (primary N) is 1. The van der Waals surface area contributed by atoms with E-state index >= 15 is 0 Å². The molecule has 1 fully saturated rings. The Balaban J connectivity index is 2.41. The maximum atomic E-state index is 5.53. The van der Waals surface area contributed by atoms with Crippen molar-refractivity contribution in [3.05, 3.63) is 0 Å². The third kappa shape index (κ3) is 1.50. The van der Waals surface area contributed by atoms with Crippen molar-refractivity contribution in [3.8, 4) is 0 Å². The van der Waals surface area contributed by atoms with Crippen LogP contribution < -0.4 is 11.1 Å². The number of hydrogen-bond acceptors (Lipinski definition) is 2. The fourth-order valence-corrected chi connectivity index (χ4v) is 1.84. The second kappa shape index (κ2) is 3.35. The lowest BCUT2D eigenvalue weighted by Gasteiger charge is -2.27. The Hall–Kier alpha value is -0.0800. The first-order valence-electron chi connectivity index (χ1n) is 4.28. The molecule has 1 aliphatic rings. The molecule has 1 aliphatic heterocycles. The molecule has 0 spiro atoms. The van der Waals surface area contributed by atoms with E-state index in [2.05, 4.69) is 12.2 Å². The first kappa shape index (κ1) is 8.02. The highest BCUT2D eigenvalue weighted by atomic mass is 15.0. The average molecular weight is 142 g/mol. The Morgan fingerprint density at radius 1 is 1.60 bits per heavy atom. The van der Waals surface area contributed by atoms with Gasteiger partial charge in [0.15, 0.2) is 0 Å². The predicted molar refractivity (Wildman–Crippen MR) is 43.9 cm³/mol. The summed E-state index contributed by atoms with van der Waals surface area (Å²) >= 11 is 0. The SMILES string of the molecule is CCC1(CCN)CCCN1. The van der Waals surface area contributed by atoms with Crippen molar-refractivity contribution in [2.45, 2.75) is 38.1 Å². The lowest BCUT2D eigenvalue weighted by Crippen LogP contribution is -2.40. The summed E-state index contributed by atoms with van der Waals surface area (Å²) in [7, 11) is 0. The van der Waals surface area contributed by atoms with E-state index in [0.29, 0.717) is 5.54 Å². The van der Waals surface area contributed by atoms with Gasteiger partial charge in [0.1, 0.15) is 0 Å². The molecule has 0 radical (unpaired) electrons. The number of nitrogens with one attached hydrogen (secondary N) is 1. The molecule has 1 unspecified atom stereocenters. The summed E-state index contributed by atoms with van der Waals surface area (Å²) in [5.74, 6) is 0. The molecule has 1 rings (SSSR count). The lowest BCUT2D eigenvalue weighted by atomic mass is 9.90. The van der Waals surface area contributed by atoms with E-state index in [-0.39, 0.29) is 0 Å². The van der Waals surface area contributed by atoms with Crippen LogP contribution in [-0.2, 0) is 0 Å². The first-order chi connectivity index (χ1) is 4.83. The summed E-state index contributed by atoms with van der Waals surface area (Å²) in [6.45, 7) is 4.25. The molecule has 1 atom stereocenters. The lowest BCUT2D eigenvalue weighted by molar-refractivity contribution is 0.341. The minimum absolute atomic E-state index is 0.411. The summed E-state index contributed by atoms with van der Waals surface area (Å²) in [6.07, 6.45) is 5.02. The second-order valence-electron chi connectivity index (χ2n) is 3.20. The van der Waals surface area contributed by atoms with Crippen molar-refractivity contribution in [1.82, 2.24) is 5.32 Å². The Bertz CT molecular complexity index is 95.4. The van der Waals surface area contributed by atoms with Gasteiger partial charge in [-0.05, 0) is 38.8 Å². The van der Waals surface area contributed by atoms with Gasteiger partial charge in [-0.2, -0.15) is 0 Å². The van der Waals surface area contributed by atoms with Gasteiger partial charge in [0.2, 0.25) is 0 Å². The van der Waals surface area contributed by atoms with Crippen molar-refractivity contribution >= 4 is 0 Å². The Kier molecular flexibility index (Phi) is 2.69. The van der Waals surface area contributed by atoms with Crippen LogP contribution in [-0.4, -0.2) is 18.6 Å². The summed E-state index contributed by atoms with van der Waals surface area (Å²) in [4.78, 5) is 0. The van der Waals surface area contributed by atoms with E-state index < -0.39 is 0 Å². The van der Waals surface area contributed by atoms with Crippen LogP contribution in [0.3, 0.4) is 0 Å². The van der Waals surface area contributed by atoms with Crippen LogP contribution in [0.1, 0.15) is 32.6 Å². The van der Waals surface area contributed by atoms with E-state index in [1.807, 2.05) is 0 Å². The van der Waals surface area contributed by atoms with Crippen LogP contribution in [0.25, 0.3) is 0 Å². The van der Waals surface area contributed by atoms with E-state index in [0.717, 1.165) is 13.0 Å². The monoisotopic (exact) mass is 142 g/mol. The topological polar surface area (TPSA) is 38.0 Å². The van der Waals surface area contributed by atoms with Crippen LogP contribution in [0.15, 0.2) is 0 Å². The Labute approximate surface area is 63.2 Å². The molecule has 0 aliphatic carbocycles. The molecule has 3 N–H and O–H groups in total. The van der Waals surface area contributed by atoms with Crippen LogP contribution in [0.2, 0.25) is 0 Å². The summed E-state index contributed by atoms with van der Waals surface area (Å²) < 4.78 is 0. The van der Waals surface area contributed by atoms with E-state index in [9.17, 15) is 0 Å². The zero-order valence-electron chi connectivity index (χ0n) is 6.82. The van der Waals surface area contributed by atoms with Gasteiger partial charge >= 0.3 is 0 Å². The van der Waals surface area contributed by atoms with Gasteiger partial charge in [-0.15, -0.1) is 0 Å². The normalized spacial score (nSPS) is 33.0. The highest BCUT2D eigenvalue weighted by Crippen LogP contribution is 2.25. The molecule has 1 heterocycles. The van der Waals surface area contributed by atoms with Gasteiger partial charge in [-0.25, -0.2) is 0 Å². The maximum absolute atomic E-state index is 5.53. The van der Waals surface area contributed by atoms with Crippen molar-refractivity contribution in [2.24, 2.45) is 5.73 Å². The molecule has 0 aromatic rings. The Morgan fingerprint density at radius 3 is 2.80 bits per heavy atom. The maximum Gasteiger partial charge on any atom is 0.0191 e. The standard InChI is InChI=1S/C8H18N2/c1-2-8(5-6-9)4-3-7-10-8/h10H,2-7,9H2,1H3. The largest absolute Gasteiger partial charge is 0.330 e. The molecule has 1 saturated heterocycles. The molecule has 0 saturated carbocycles. The molecule has 0 amide bonds. The molecular formula is C8H18N2. The average Bonchev–Trinajstić information content (AvgIpc) is 2.39. The first-order valence-corrected chi connectivity index (χ1v) is 4.28. The van der Waals surface area contributed by atoms with Crippen molar-refractivity contribution < 1.29 is 0 Å². The van der Waals surface area contributed by atoms with Crippen LogP contribution in [0, 0.1) is 0 Å². The molecule has 2 nitrogen and oxygen atoms in total. The van der Waals surface area contributed by atoms with Gasteiger partial charge in [0.25, 0.3) is 0 Å². The predicted octanol–water partition coefficient (Wildman–Crippen LogP) is 0.867. The van der Waals surface area contributed by atoms with Gasteiger partial charge < -0.3 is 11.1 Å². The van der Waals surface area contributed by atoms with Crippen molar-refractivity contribution in [3.63, 3.8) is 0 Å². The van der Waals surface area contributed by atoms with Gasteiger partial charge in [0.05, 0.1) is 0 Å². The molecule has 0 aromatic heterocycles. The molecule has 2 heteroatoms. The highest BCUT2D eigenvalue weighted by molar-refractivity contribution is 4.91. The molecule has 10 heavy (non-hydrogen) atoms. The van der Waals surface area contributed by atoms with Crippen molar-refractivity contribution in [1.29, 1.82) is 0 Å². The van der Waals surface area contributed by atoms with Gasteiger partial charge in [0, 0.05) is 5.54 Å². The van der Waals surface area contributed by atoms with E-state index in [1.165, 1.54) is 25.8 Å². The second-order valence-corrected chi connectivity index (χ2v) is 3.20. The number of hydrogen-bond donors (Lipinski definition) is 2. The van der Waals surface area contributed by atoms with Crippen LogP contribution >= 0.6 is 0 Å². The third-order valence-electron chi connectivity index (χ3n) is 2.63. The summed E-state index contributed by atoms with van der Waals surface area (Å²) in [6, 6.07) is 0. The number of rotatable bonds is 3. The summed E-state index contributed by atoms with van der Waals surface area (Å²) in [5.41, 5.74) is 5.94. The molecule has 60 valence electrons. The van der Waals surface area contributed by atoms with Crippen molar-refractivity contribution in [2.75, 3.05) is 13.1 Å². The Morgan fingerprint density at radius 2 is 2.40 bits per heavy atom. The zero-order valence-corrected chi connectivity index (χ0v) is 6.82. The zero-order chi connectivity index (χ0) is 7.45. The highest BCUT2D eigenvalue weighted by Gasteiger charge is 2.29. The summed E-state index contributed by atoms with van der Waals surface area (Å²) in [5, 5.41) is 3.54. The fourth-order valence-electron chi connectivity index (χ4n) is 1.84. The minimum Gasteiger partial charge on any atom is -0.330 e. The van der Waals surface area contributed by atoms with Gasteiger partial charge in [-0.1, -0.05) is 6.92 Å². The molecule has 0 aromatic carbocycles. The quantitative estimate of drug-likeness (QED) is 0.613. The fraction of sp³-hybridized carbons (Fsp3) is 1.00. The van der Waals surface area contributed by atoms with E-state index in [4.69, 9.17) is 5.73 Å². The molecule has 0 bridgehead atoms. The van der Waals surface area contributed by atoms with E-state index in [1.54, 1.807) is 0 Å². The minimum atomic E-state index is 0.411. The van der Waals surface area contributed by atoms with Crippen LogP contribution in [0.5, 0.6) is 0 Å².